The molecule has 31 heavy (non-hydrogen) atoms. The van der Waals surface area contributed by atoms with E-state index in [1.54, 1.807) is 12.1 Å². The van der Waals surface area contributed by atoms with Gasteiger partial charge in [0.05, 0.1) is 18.4 Å². The van der Waals surface area contributed by atoms with E-state index >= 15 is 0 Å². The van der Waals surface area contributed by atoms with Crippen molar-refractivity contribution in [1.82, 2.24) is 5.32 Å². The Bertz CT molecular complexity index is 1050. The number of hydrogen-bond donors (Lipinski definition) is 2. The molecule has 2 atom stereocenters. The van der Waals surface area contributed by atoms with Crippen LogP contribution >= 0.6 is 15.9 Å². The van der Waals surface area contributed by atoms with Crippen LogP contribution < -0.4 is 19.7 Å². The van der Waals surface area contributed by atoms with Crippen LogP contribution in [0.3, 0.4) is 0 Å². The number of methoxy groups -OCH3 is 1. The van der Waals surface area contributed by atoms with E-state index in [9.17, 15) is 21.6 Å². The Morgan fingerprint density at radius 3 is 2.32 bits per heavy atom. The number of piperazine rings is 1. The molecule has 2 N–H and O–H groups in total. The predicted molar refractivity (Wildman–Crippen MR) is 117 cm³/mol. The van der Waals surface area contributed by atoms with Crippen LogP contribution in [-0.4, -0.2) is 40.7 Å². The Balaban J connectivity index is 1.93. The molecule has 2 aromatic rings. The van der Waals surface area contributed by atoms with Crippen LogP contribution in [0.5, 0.6) is 5.75 Å². The number of sulfonamides is 1. The smallest absolute Gasteiger partial charge is 0.416 e. The minimum Gasteiger partial charge on any atom is -0.495 e. The second-order valence-electron chi connectivity index (χ2n) is 7.51. The van der Waals surface area contributed by atoms with Crippen molar-refractivity contribution >= 4 is 37.3 Å². The van der Waals surface area contributed by atoms with Gasteiger partial charge in [0.15, 0.2) is 0 Å². The highest BCUT2D eigenvalue weighted by Crippen LogP contribution is 2.36. The molecule has 0 aliphatic carbocycles. The van der Waals surface area contributed by atoms with Crippen molar-refractivity contribution in [1.29, 1.82) is 0 Å². The van der Waals surface area contributed by atoms with Gasteiger partial charge in [0.2, 0.25) is 0 Å². The lowest BCUT2D eigenvalue weighted by molar-refractivity contribution is -0.137. The van der Waals surface area contributed by atoms with Gasteiger partial charge in [-0.1, -0.05) is 0 Å². The van der Waals surface area contributed by atoms with Crippen molar-refractivity contribution in [2.75, 3.05) is 29.8 Å². The van der Waals surface area contributed by atoms with Crippen molar-refractivity contribution in [3.8, 4) is 5.75 Å². The zero-order chi connectivity index (χ0) is 23.0. The van der Waals surface area contributed by atoms with Crippen LogP contribution in [0, 0.1) is 0 Å². The molecule has 0 amide bonds. The maximum absolute atomic E-state index is 12.9. The van der Waals surface area contributed by atoms with Crippen LogP contribution in [0.1, 0.15) is 19.4 Å². The summed E-state index contributed by atoms with van der Waals surface area (Å²) in [4.78, 5) is 1.83. The Morgan fingerprint density at radius 2 is 1.77 bits per heavy atom. The Kier molecular flexibility index (Phi) is 6.78. The second kappa shape index (κ2) is 8.87. The third kappa shape index (κ3) is 5.45. The number of ether oxygens (including phenoxy) is 1. The molecule has 0 radical (unpaired) electrons. The number of anilines is 2. The molecule has 1 saturated heterocycles. The van der Waals surface area contributed by atoms with Gasteiger partial charge in [-0.25, -0.2) is 8.42 Å². The lowest BCUT2D eigenvalue weighted by Crippen LogP contribution is -2.54. The van der Waals surface area contributed by atoms with E-state index in [-0.39, 0.29) is 27.1 Å². The van der Waals surface area contributed by atoms with Gasteiger partial charge in [0.1, 0.15) is 10.6 Å². The van der Waals surface area contributed by atoms with Crippen molar-refractivity contribution in [2.24, 2.45) is 0 Å². The van der Waals surface area contributed by atoms with Crippen LogP contribution in [0.4, 0.5) is 24.5 Å². The molecule has 0 saturated carbocycles. The molecule has 11 heteroatoms. The zero-order valence-electron chi connectivity index (χ0n) is 17.1. The number of halogens is 4. The summed E-state index contributed by atoms with van der Waals surface area (Å²) < 4.78 is 72.2. The van der Waals surface area contributed by atoms with E-state index in [0.29, 0.717) is 5.75 Å². The quantitative estimate of drug-likeness (QED) is 0.607. The fraction of sp³-hybridized carbons (Fsp3) is 0.400. The Labute approximate surface area is 188 Å². The van der Waals surface area contributed by atoms with E-state index in [2.05, 4.69) is 44.7 Å². The third-order valence-corrected chi connectivity index (χ3v) is 7.24. The van der Waals surface area contributed by atoms with Crippen molar-refractivity contribution in [2.45, 2.75) is 37.0 Å². The minimum atomic E-state index is -4.58. The average Bonchev–Trinajstić information content (AvgIpc) is 2.66. The normalized spacial score (nSPS) is 19.9. The number of nitrogens with one attached hydrogen (secondary N) is 2. The molecule has 0 unspecified atom stereocenters. The SMILES string of the molecule is COc1ccc(N2C[C@@H](C)N[C@@H](C)C2)cc1NS(=O)(=O)c1ccc(C(F)(F)F)cc1Br. The molecule has 6 nitrogen and oxygen atoms in total. The molecule has 0 bridgehead atoms. The molecular weight excluding hydrogens is 499 g/mol. The monoisotopic (exact) mass is 521 g/mol. The Morgan fingerprint density at radius 1 is 1.13 bits per heavy atom. The summed E-state index contributed by atoms with van der Waals surface area (Å²) in [5.74, 6) is 0.298. The maximum atomic E-state index is 12.9. The zero-order valence-corrected chi connectivity index (χ0v) is 19.5. The second-order valence-corrected chi connectivity index (χ2v) is 10.0. The lowest BCUT2D eigenvalue weighted by Gasteiger charge is -2.38. The standard InChI is InChI=1S/C20H23BrF3N3O3S/c1-12-10-27(11-13(2)25-12)15-5-6-18(30-3)17(9-15)26-31(28,29)19-7-4-14(8-16(19)21)20(22,23)24/h4-9,12-13,25-26H,10-11H2,1-3H3/t12-,13+. The van der Waals surface area contributed by atoms with Crippen molar-refractivity contribution in [3.63, 3.8) is 0 Å². The first kappa shape index (κ1) is 23.7. The number of rotatable bonds is 5. The fourth-order valence-corrected chi connectivity index (χ4v) is 5.74. The molecule has 0 aromatic heterocycles. The van der Waals surface area contributed by atoms with E-state index < -0.39 is 21.8 Å². The van der Waals surface area contributed by atoms with E-state index in [0.717, 1.165) is 37.0 Å². The van der Waals surface area contributed by atoms with Gasteiger partial charge < -0.3 is 15.0 Å². The van der Waals surface area contributed by atoms with E-state index in [4.69, 9.17) is 4.74 Å². The molecule has 1 aliphatic heterocycles. The van der Waals surface area contributed by atoms with Gasteiger partial charge in [-0.05, 0) is 66.2 Å². The topological polar surface area (TPSA) is 70.7 Å². The van der Waals surface area contributed by atoms with E-state index in [1.807, 2.05) is 6.07 Å². The number of benzene rings is 2. The largest absolute Gasteiger partial charge is 0.495 e. The molecule has 1 fully saturated rings. The molecule has 1 heterocycles. The molecule has 0 spiro atoms. The highest BCUT2D eigenvalue weighted by molar-refractivity contribution is 9.10. The summed E-state index contributed by atoms with van der Waals surface area (Å²) in [6.45, 7) is 5.62. The summed E-state index contributed by atoms with van der Waals surface area (Å²) in [5, 5.41) is 3.43. The van der Waals surface area contributed by atoms with Gasteiger partial charge in [0, 0.05) is 35.3 Å². The lowest BCUT2D eigenvalue weighted by atomic mass is 10.1. The first-order valence-electron chi connectivity index (χ1n) is 9.49. The highest BCUT2D eigenvalue weighted by Gasteiger charge is 2.32. The van der Waals surface area contributed by atoms with Gasteiger partial charge in [-0.15, -0.1) is 0 Å². The van der Waals surface area contributed by atoms with Crippen molar-refractivity contribution < 1.29 is 26.3 Å². The minimum absolute atomic E-state index is 0.185. The summed E-state index contributed by atoms with van der Waals surface area (Å²) in [5.41, 5.74) is 0.0654. The fourth-order valence-electron chi connectivity index (χ4n) is 3.60. The first-order valence-corrected chi connectivity index (χ1v) is 11.8. The van der Waals surface area contributed by atoms with Crippen LogP contribution in [0.2, 0.25) is 0 Å². The van der Waals surface area contributed by atoms with Gasteiger partial charge >= 0.3 is 6.18 Å². The molecule has 2 aromatic carbocycles. The highest BCUT2D eigenvalue weighted by atomic mass is 79.9. The third-order valence-electron chi connectivity index (χ3n) is 4.90. The van der Waals surface area contributed by atoms with Gasteiger partial charge in [0.25, 0.3) is 10.0 Å². The summed E-state index contributed by atoms with van der Waals surface area (Å²) in [7, 11) is -2.77. The van der Waals surface area contributed by atoms with Gasteiger partial charge in [-0.2, -0.15) is 13.2 Å². The predicted octanol–water partition coefficient (Wildman–Crippen LogP) is 4.46. The number of nitrogens with zero attached hydrogens (tertiary/aromatic N) is 1. The molecule has 1 aliphatic rings. The summed E-state index contributed by atoms with van der Waals surface area (Å²) in [6, 6.07) is 8.08. The maximum Gasteiger partial charge on any atom is 0.416 e. The number of alkyl halides is 3. The van der Waals surface area contributed by atoms with Gasteiger partial charge in [-0.3, -0.25) is 4.72 Å². The summed E-state index contributed by atoms with van der Waals surface area (Å²) >= 11 is 2.95. The Hall–Kier alpha value is -1.98. The number of hydrogen-bond acceptors (Lipinski definition) is 5. The average molecular weight is 522 g/mol. The van der Waals surface area contributed by atoms with E-state index in [1.165, 1.54) is 7.11 Å². The van der Waals surface area contributed by atoms with Crippen molar-refractivity contribution in [3.05, 3.63) is 46.4 Å². The van der Waals surface area contributed by atoms with Crippen LogP contribution in [0.15, 0.2) is 45.8 Å². The van der Waals surface area contributed by atoms with Crippen LogP contribution in [-0.2, 0) is 16.2 Å². The van der Waals surface area contributed by atoms with Crippen LogP contribution in [0.25, 0.3) is 0 Å². The molecular formula is C20H23BrF3N3O3S. The summed E-state index contributed by atoms with van der Waals surface area (Å²) in [6.07, 6.45) is -4.58. The molecule has 170 valence electrons. The first-order chi connectivity index (χ1) is 14.4. The molecule has 3 rings (SSSR count).